The van der Waals surface area contributed by atoms with Crippen molar-refractivity contribution < 1.29 is 8.78 Å². The summed E-state index contributed by atoms with van der Waals surface area (Å²) in [6.45, 7) is 2.42. The van der Waals surface area contributed by atoms with E-state index in [4.69, 9.17) is 0 Å². The number of likely N-dealkylation sites (tertiary alicyclic amines) is 1. The van der Waals surface area contributed by atoms with Crippen molar-refractivity contribution in [1.82, 2.24) is 15.5 Å². The predicted octanol–water partition coefficient (Wildman–Crippen LogP) is 4.43. The van der Waals surface area contributed by atoms with Gasteiger partial charge in [0.25, 0.3) is 0 Å². The molecule has 0 bridgehead atoms. The van der Waals surface area contributed by atoms with Gasteiger partial charge in [-0.1, -0.05) is 18.2 Å². The summed E-state index contributed by atoms with van der Waals surface area (Å²) in [5, 5.41) is 8.75. The minimum Gasteiger partial charge on any atom is -0.356 e. The summed E-state index contributed by atoms with van der Waals surface area (Å²) >= 11 is 1.81. The number of piperidine rings is 1. The maximum absolute atomic E-state index is 13.8. The Kier molecular flexibility index (Phi) is 9.78. The molecule has 29 heavy (non-hydrogen) atoms. The van der Waals surface area contributed by atoms with E-state index < -0.39 is 11.6 Å². The molecule has 2 unspecified atom stereocenters. The van der Waals surface area contributed by atoms with Gasteiger partial charge in [-0.05, 0) is 61.8 Å². The molecule has 0 amide bonds. The monoisotopic (exact) mass is 534 g/mol. The number of nitrogens with zero attached hydrogens (tertiary/aromatic N) is 2. The van der Waals surface area contributed by atoms with Crippen LogP contribution in [0, 0.1) is 17.6 Å². The van der Waals surface area contributed by atoms with Crippen LogP contribution in [-0.4, -0.2) is 44.6 Å². The summed E-state index contributed by atoms with van der Waals surface area (Å²) in [4.78, 5) is 8.10. The maximum atomic E-state index is 13.8. The Hall–Kier alpha value is -1.26. The van der Waals surface area contributed by atoms with Gasteiger partial charge in [-0.25, -0.2) is 8.78 Å². The van der Waals surface area contributed by atoms with Crippen LogP contribution >= 0.6 is 35.3 Å². The average molecular weight is 534 g/mol. The van der Waals surface area contributed by atoms with Crippen molar-refractivity contribution in [3.05, 3.63) is 57.8 Å². The Morgan fingerprint density at radius 2 is 2.07 bits per heavy atom. The average Bonchev–Trinajstić information content (AvgIpc) is 3.22. The van der Waals surface area contributed by atoms with E-state index in [1.165, 1.54) is 23.8 Å². The van der Waals surface area contributed by atoms with Crippen molar-refractivity contribution in [1.29, 1.82) is 0 Å². The molecule has 2 N–H and O–H groups in total. The van der Waals surface area contributed by atoms with Gasteiger partial charge in [-0.3, -0.25) is 9.89 Å². The number of nitrogens with one attached hydrogen (secondary N) is 2. The lowest BCUT2D eigenvalue weighted by Crippen LogP contribution is -2.45. The molecule has 160 valence electrons. The lowest BCUT2D eigenvalue weighted by atomic mass is 9.88. The lowest BCUT2D eigenvalue weighted by Gasteiger charge is -2.39. The van der Waals surface area contributed by atoms with Crippen LogP contribution in [-0.2, 0) is 6.42 Å². The summed E-state index contributed by atoms with van der Waals surface area (Å²) in [6.07, 6.45) is 2.76. The number of hydrogen-bond acceptors (Lipinski definition) is 3. The molecule has 1 aliphatic heterocycles. The van der Waals surface area contributed by atoms with E-state index >= 15 is 0 Å². The summed E-state index contributed by atoms with van der Waals surface area (Å²) in [6, 6.07) is 9.02. The zero-order chi connectivity index (χ0) is 19.9. The quantitative estimate of drug-likeness (QED) is 0.327. The molecule has 0 radical (unpaired) electrons. The van der Waals surface area contributed by atoms with Crippen molar-refractivity contribution in [2.45, 2.75) is 25.3 Å². The largest absolute Gasteiger partial charge is 0.356 e. The van der Waals surface area contributed by atoms with Gasteiger partial charge in [0.2, 0.25) is 0 Å². The summed E-state index contributed by atoms with van der Waals surface area (Å²) in [5.74, 6) is -0.385. The normalized spacial score (nSPS) is 20.2. The molecule has 1 aromatic heterocycles. The minimum atomic E-state index is -0.805. The molecule has 0 spiro atoms. The van der Waals surface area contributed by atoms with Crippen molar-refractivity contribution in [3.8, 4) is 0 Å². The zero-order valence-electron chi connectivity index (χ0n) is 16.8. The van der Waals surface area contributed by atoms with Gasteiger partial charge >= 0.3 is 0 Å². The van der Waals surface area contributed by atoms with Crippen molar-refractivity contribution in [3.63, 3.8) is 0 Å². The second-order valence-corrected chi connectivity index (χ2v) is 8.17. The molecule has 1 saturated heterocycles. The summed E-state index contributed by atoms with van der Waals surface area (Å²) in [7, 11) is 3.92. The van der Waals surface area contributed by atoms with Crippen LogP contribution in [0.4, 0.5) is 8.78 Å². The Bertz CT molecular complexity index is 785. The minimum absolute atomic E-state index is 0. The number of hydrogen-bond donors (Lipinski definition) is 2. The first-order chi connectivity index (χ1) is 13.6. The molecule has 1 fully saturated rings. The Morgan fingerprint density at radius 3 is 2.79 bits per heavy atom. The van der Waals surface area contributed by atoms with E-state index in [0.717, 1.165) is 19.2 Å². The highest BCUT2D eigenvalue weighted by Crippen LogP contribution is 2.36. The standard InChI is InChI=1S/C21H28F2N4S.HI/c1-24-21(25-11-10-15-6-3-8-17(22)19(15)23)26-14-16-7-4-12-27(2)20(16)18-9-5-13-28-18;/h3,5-6,8-9,13,16,20H,4,7,10-12,14H2,1-2H3,(H2,24,25,26);1H. The molecular formula is C21H29F2IN4S. The van der Waals surface area contributed by atoms with E-state index in [1.54, 1.807) is 13.1 Å². The number of halogens is 3. The van der Waals surface area contributed by atoms with Gasteiger partial charge in [-0.2, -0.15) is 0 Å². The molecule has 1 aromatic carbocycles. The fraction of sp³-hybridized carbons (Fsp3) is 0.476. The third-order valence-corrected chi connectivity index (χ3v) is 6.26. The van der Waals surface area contributed by atoms with Gasteiger partial charge in [0.1, 0.15) is 0 Å². The molecular weight excluding hydrogens is 505 g/mol. The first-order valence-electron chi connectivity index (χ1n) is 9.71. The molecule has 0 saturated carbocycles. The topological polar surface area (TPSA) is 39.7 Å². The molecule has 2 atom stereocenters. The van der Waals surface area contributed by atoms with Crippen LogP contribution in [0.3, 0.4) is 0 Å². The van der Waals surface area contributed by atoms with Gasteiger partial charge < -0.3 is 10.6 Å². The second kappa shape index (κ2) is 11.8. The zero-order valence-corrected chi connectivity index (χ0v) is 20.0. The SMILES string of the molecule is CN=C(NCCc1cccc(F)c1F)NCC1CCCN(C)C1c1cccs1.I. The third-order valence-electron chi connectivity index (χ3n) is 5.32. The Labute approximate surface area is 192 Å². The highest BCUT2D eigenvalue weighted by Gasteiger charge is 2.31. The fourth-order valence-electron chi connectivity index (χ4n) is 3.89. The number of thiophene rings is 1. The van der Waals surface area contributed by atoms with E-state index in [0.29, 0.717) is 36.4 Å². The number of rotatable bonds is 6. The van der Waals surface area contributed by atoms with Crippen LogP contribution in [0.1, 0.15) is 29.3 Å². The smallest absolute Gasteiger partial charge is 0.190 e. The van der Waals surface area contributed by atoms with Gasteiger partial charge in [0.05, 0.1) is 0 Å². The van der Waals surface area contributed by atoms with E-state index in [9.17, 15) is 8.78 Å². The highest BCUT2D eigenvalue weighted by atomic mass is 127. The molecule has 3 rings (SSSR count). The van der Waals surface area contributed by atoms with E-state index in [-0.39, 0.29) is 24.0 Å². The van der Waals surface area contributed by atoms with Crippen molar-refractivity contribution >= 4 is 41.3 Å². The number of aliphatic imine (C=N–C) groups is 1. The Balaban J connectivity index is 0.00000300. The van der Waals surface area contributed by atoms with Gasteiger partial charge in [0.15, 0.2) is 17.6 Å². The summed E-state index contributed by atoms with van der Waals surface area (Å²) in [5.41, 5.74) is 0.370. The van der Waals surface area contributed by atoms with Crippen LogP contribution < -0.4 is 10.6 Å². The van der Waals surface area contributed by atoms with E-state index in [1.807, 2.05) is 11.3 Å². The molecule has 4 nitrogen and oxygen atoms in total. The van der Waals surface area contributed by atoms with Crippen LogP contribution in [0.5, 0.6) is 0 Å². The molecule has 2 heterocycles. The number of guanidine groups is 1. The molecule has 1 aliphatic rings. The van der Waals surface area contributed by atoms with Crippen LogP contribution in [0.25, 0.3) is 0 Å². The van der Waals surface area contributed by atoms with Gasteiger partial charge in [0, 0.05) is 31.1 Å². The first-order valence-corrected chi connectivity index (χ1v) is 10.6. The first kappa shape index (κ1) is 24.0. The third kappa shape index (κ3) is 6.36. The van der Waals surface area contributed by atoms with Gasteiger partial charge in [-0.15, -0.1) is 35.3 Å². The molecule has 8 heteroatoms. The second-order valence-electron chi connectivity index (χ2n) is 7.19. The summed E-state index contributed by atoms with van der Waals surface area (Å²) < 4.78 is 27.1. The van der Waals surface area contributed by atoms with Crippen molar-refractivity contribution in [2.75, 3.05) is 33.7 Å². The van der Waals surface area contributed by atoms with Crippen LogP contribution in [0.2, 0.25) is 0 Å². The Morgan fingerprint density at radius 1 is 1.24 bits per heavy atom. The van der Waals surface area contributed by atoms with Crippen LogP contribution in [0.15, 0.2) is 40.7 Å². The maximum Gasteiger partial charge on any atom is 0.190 e. The van der Waals surface area contributed by atoms with E-state index in [2.05, 4.69) is 45.1 Å². The lowest BCUT2D eigenvalue weighted by molar-refractivity contribution is 0.125. The predicted molar refractivity (Wildman–Crippen MR) is 127 cm³/mol. The van der Waals surface area contributed by atoms with Crippen molar-refractivity contribution in [2.24, 2.45) is 10.9 Å². The molecule has 0 aliphatic carbocycles. The molecule has 2 aromatic rings. The highest BCUT2D eigenvalue weighted by molar-refractivity contribution is 14.0. The number of benzene rings is 1. The fourth-order valence-corrected chi connectivity index (χ4v) is 4.87.